The van der Waals surface area contributed by atoms with Gasteiger partial charge in [0.05, 0.1) is 11.8 Å². The third-order valence-electron chi connectivity index (χ3n) is 4.35. The molecule has 4 nitrogen and oxygen atoms in total. The molecule has 1 saturated carbocycles. The summed E-state index contributed by atoms with van der Waals surface area (Å²) in [7, 11) is 0. The number of carboxylic acid groups (broad SMARTS) is 1. The highest BCUT2D eigenvalue weighted by molar-refractivity contribution is 5.85. The first-order valence-corrected chi connectivity index (χ1v) is 7.57. The van der Waals surface area contributed by atoms with Crippen LogP contribution in [0, 0.1) is 11.8 Å². The maximum Gasteiger partial charge on any atom is 0.314 e. The number of aliphatic carboxylic acids is 1. The van der Waals surface area contributed by atoms with Crippen LogP contribution in [0.2, 0.25) is 0 Å². The van der Waals surface area contributed by atoms with Gasteiger partial charge in [-0.05, 0) is 48.6 Å². The molecule has 0 atom stereocenters. The summed E-state index contributed by atoms with van der Waals surface area (Å²) in [5.41, 5.74) is 0. The highest BCUT2D eigenvalue weighted by Crippen LogP contribution is 2.30. The lowest BCUT2D eigenvalue weighted by Crippen LogP contribution is -2.28. The van der Waals surface area contributed by atoms with Gasteiger partial charge in [-0.3, -0.25) is 9.59 Å². The van der Waals surface area contributed by atoms with Crippen molar-refractivity contribution >= 4 is 22.7 Å². The maximum absolute atomic E-state index is 12.2. The highest BCUT2D eigenvalue weighted by Gasteiger charge is 2.30. The Hall–Kier alpha value is -2.36. The SMILES string of the molecule is O=C(O)C1CCC(C(=O)Oc2ccc3ccccc3c2)CC1. The number of carboxylic acids is 1. The summed E-state index contributed by atoms with van der Waals surface area (Å²) < 4.78 is 5.47. The van der Waals surface area contributed by atoms with Crippen LogP contribution in [-0.2, 0) is 9.59 Å². The van der Waals surface area contributed by atoms with Crippen molar-refractivity contribution in [2.24, 2.45) is 11.8 Å². The minimum atomic E-state index is -0.763. The fraction of sp³-hybridized carbons (Fsp3) is 0.333. The number of ether oxygens (including phenoxy) is 1. The van der Waals surface area contributed by atoms with Crippen LogP contribution in [0.4, 0.5) is 0 Å². The predicted molar refractivity (Wildman–Crippen MR) is 82.7 cm³/mol. The number of fused-ring (bicyclic) bond motifs is 1. The summed E-state index contributed by atoms with van der Waals surface area (Å²) in [5.74, 6) is -0.976. The lowest BCUT2D eigenvalue weighted by molar-refractivity contribution is -0.146. The molecule has 2 aromatic rings. The van der Waals surface area contributed by atoms with Gasteiger partial charge in [0.1, 0.15) is 5.75 Å². The van der Waals surface area contributed by atoms with Crippen LogP contribution in [0.1, 0.15) is 25.7 Å². The molecule has 1 N–H and O–H groups in total. The minimum absolute atomic E-state index is 0.193. The Morgan fingerprint density at radius 3 is 2.23 bits per heavy atom. The third-order valence-corrected chi connectivity index (χ3v) is 4.35. The molecule has 0 saturated heterocycles. The molecule has 0 unspecified atom stereocenters. The van der Waals surface area contributed by atoms with E-state index in [-0.39, 0.29) is 17.8 Å². The first-order valence-electron chi connectivity index (χ1n) is 7.57. The average molecular weight is 298 g/mol. The molecule has 1 aliphatic rings. The van der Waals surface area contributed by atoms with Crippen molar-refractivity contribution in [3.63, 3.8) is 0 Å². The van der Waals surface area contributed by atoms with Gasteiger partial charge in [-0.25, -0.2) is 0 Å². The first-order chi connectivity index (χ1) is 10.6. The maximum atomic E-state index is 12.2. The second kappa shape index (κ2) is 6.18. The predicted octanol–water partition coefficient (Wildman–Crippen LogP) is 3.64. The van der Waals surface area contributed by atoms with E-state index in [0.29, 0.717) is 31.4 Å². The number of carbonyl (C=O) groups excluding carboxylic acids is 1. The van der Waals surface area contributed by atoms with Crippen LogP contribution in [0.3, 0.4) is 0 Å². The van der Waals surface area contributed by atoms with E-state index in [1.54, 1.807) is 6.07 Å². The van der Waals surface area contributed by atoms with E-state index < -0.39 is 5.97 Å². The summed E-state index contributed by atoms with van der Waals surface area (Å²) in [5, 5.41) is 11.1. The monoisotopic (exact) mass is 298 g/mol. The highest BCUT2D eigenvalue weighted by atomic mass is 16.5. The molecule has 0 radical (unpaired) electrons. The summed E-state index contributed by atoms with van der Waals surface area (Å²) in [6.45, 7) is 0. The summed E-state index contributed by atoms with van der Waals surface area (Å²) >= 11 is 0. The van der Waals surface area contributed by atoms with E-state index in [0.717, 1.165) is 10.8 Å². The molecule has 4 heteroatoms. The molecule has 0 bridgehead atoms. The molecule has 2 aromatic carbocycles. The summed E-state index contributed by atoms with van der Waals surface area (Å²) in [4.78, 5) is 23.1. The van der Waals surface area contributed by atoms with Crippen LogP contribution in [0.15, 0.2) is 42.5 Å². The lowest BCUT2D eigenvalue weighted by Gasteiger charge is -2.24. The van der Waals surface area contributed by atoms with Crippen molar-refractivity contribution in [3.8, 4) is 5.75 Å². The molecule has 0 amide bonds. The topological polar surface area (TPSA) is 63.6 Å². The van der Waals surface area contributed by atoms with Crippen LogP contribution >= 0.6 is 0 Å². The fourth-order valence-corrected chi connectivity index (χ4v) is 3.01. The minimum Gasteiger partial charge on any atom is -0.481 e. The lowest BCUT2D eigenvalue weighted by atomic mass is 9.82. The number of benzene rings is 2. The number of carbonyl (C=O) groups is 2. The Balaban J connectivity index is 1.65. The number of rotatable bonds is 3. The van der Waals surface area contributed by atoms with E-state index in [2.05, 4.69) is 0 Å². The van der Waals surface area contributed by atoms with Crippen LogP contribution in [0.5, 0.6) is 5.75 Å². The Kier molecular flexibility index (Phi) is 4.09. The van der Waals surface area contributed by atoms with Crippen molar-refractivity contribution in [1.29, 1.82) is 0 Å². The van der Waals surface area contributed by atoms with Gasteiger partial charge >= 0.3 is 11.9 Å². The zero-order valence-corrected chi connectivity index (χ0v) is 12.2. The van der Waals surface area contributed by atoms with E-state index in [1.165, 1.54) is 0 Å². The molecular formula is C18H18O4. The number of hydrogen-bond donors (Lipinski definition) is 1. The summed E-state index contributed by atoms with van der Waals surface area (Å²) in [6, 6.07) is 13.5. The Bertz CT molecular complexity index is 699. The molecule has 0 heterocycles. The fourth-order valence-electron chi connectivity index (χ4n) is 3.01. The second-order valence-electron chi connectivity index (χ2n) is 5.82. The first kappa shape index (κ1) is 14.6. The Labute approximate surface area is 128 Å². The normalized spacial score (nSPS) is 21.5. The second-order valence-corrected chi connectivity index (χ2v) is 5.82. The van der Waals surface area contributed by atoms with E-state index in [9.17, 15) is 9.59 Å². The van der Waals surface area contributed by atoms with Crippen molar-refractivity contribution in [2.45, 2.75) is 25.7 Å². The quantitative estimate of drug-likeness (QED) is 0.694. The zero-order chi connectivity index (χ0) is 15.5. The molecule has 114 valence electrons. The molecular weight excluding hydrogens is 280 g/mol. The van der Waals surface area contributed by atoms with Crippen molar-refractivity contribution in [1.82, 2.24) is 0 Å². The zero-order valence-electron chi connectivity index (χ0n) is 12.2. The van der Waals surface area contributed by atoms with Gasteiger partial charge in [-0.1, -0.05) is 30.3 Å². The molecule has 0 aliphatic heterocycles. The van der Waals surface area contributed by atoms with Crippen molar-refractivity contribution in [2.75, 3.05) is 0 Å². The summed E-state index contributed by atoms with van der Waals surface area (Å²) in [6.07, 6.45) is 2.27. The van der Waals surface area contributed by atoms with Gasteiger partial charge in [0.25, 0.3) is 0 Å². The van der Waals surface area contributed by atoms with Crippen LogP contribution in [0.25, 0.3) is 10.8 Å². The molecule has 0 aromatic heterocycles. The Morgan fingerprint density at radius 1 is 0.909 bits per heavy atom. The van der Waals surface area contributed by atoms with E-state index >= 15 is 0 Å². The molecule has 1 aliphatic carbocycles. The molecule has 3 rings (SSSR count). The van der Waals surface area contributed by atoms with Gasteiger partial charge < -0.3 is 9.84 Å². The van der Waals surface area contributed by atoms with Gasteiger partial charge in [0.2, 0.25) is 0 Å². The molecule has 0 spiro atoms. The number of hydrogen-bond acceptors (Lipinski definition) is 3. The van der Waals surface area contributed by atoms with Gasteiger partial charge in [0, 0.05) is 0 Å². The van der Waals surface area contributed by atoms with E-state index in [4.69, 9.17) is 9.84 Å². The van der Waals surface area contributed by atoms with Crippen LogP contribution < -0.4 is 4.74 Å². The van der Waals surface area contributed by atoms with Gasteiger partial charge in [-0.2, -0.15) is 0 Å². The average Bonchev–Trinajstić information content (AvgIpc) is 2.55. The van der Waals surface area contributed by atoms with E-state index in [1.807, 2.05) is 36.4 Å². The third kappa shape index (κ3) is 3.11. The molecule has 1 fully saturated rings. The van der Waals surface area contributed by atoms with Crippen molar-refractivity contribution < 1.29 is 19.4 Å². The molecule has 22 heavy (non-hydrogen) atoms. The number of esters is 1. The smallest absolute Gasteiger partial charge is 0.314 e. The Morgan fingerprint density at radius 2 is 1.55 bits per heavy atom. The standard InChI is InChI=1S/C18H18O4/c19-17(20)13-5-7-14(8-6-13)18(21)22-16-10-9-12-3-1-2-4-15(12)11-16/h1-4,9-11,13-14H,5-8H2,(H,19,20). The van der Waals surface area contributed by atoms with Gasteiger partial charge in [-0.15, -0.1) is 0 Å². The van der Waals surface area contributed by atoms with Gasteiger partial charge in [0.15, 0.2) is 0 Å². The largest absolute Gasteiger partial charge is 0.481 e. The van der Waals surface area contributed by atoms with Crippen LogP contribution in [-0.4, -0.2) is 17.0 Å². The van der Waals surface area contributed by atoms with Crippen molar-refractivity contribution in [3.05, 3.63) is 42.5 Å².